The number of carbonyl (C=O) groups is 1. The second kappa shape index (κ2) is 4.17. The summed E-state index contributed by atoms with van der Waals surface area (Å²) in [5.41, 5.74) is 2.17. The van der Waals surface area contributed by atoms with Crippen LogP contribution in [0.25, 0.3) is 0 Å². The van der Waals surface area contributed by atoms with Crippen LogP contribution in [0, 0.1) is 0 Å². The van der Waals surface area contributed by atoms with Crippen LogP contribution in [-0.2, 0) is 11.3 Å². The molecule has 0 saturated heterocycles. The Morgan fingerprint density at radius 2 is 2.07 bits per heavy atom. The van der Waals surface area contributed by atoms with Crippen molar-refractivity contribution < 1.29 is 4.79 Å². The Hall–Kier alpha value is -1.77. The first-order valence-corrected chi connectivity index (χ1v) is 5.05. The fourth-order valence-electron chi connectivity index (χ4n) is 1.60. The molecule has 0 aromatic heterocycles. The molecule has 0 bridgehead atoms. The van der Waals surface area contributed by atoms with Crippen molar-refractivity contribution in [2.75, 3.05) is 0 Å². The van der Waals surface area contributed by atoms with Gasteiger partial charge in [-0.1, -0.05) is 30.3 Å². The van der Waals surface area contributed by atoms with Crippen LogP contribution in [-0.4, -0.2) is 11.9 Å². The van der Waals surface area contributed by atoms with Gasteiger partial charge in [-0.3, -0.25) is 4.79 Å². The first kappa shape index (κ1) is 9.77. The molecule has 2 rings (SSSR count). The minimum absolute atomic E-state index is 0.0157. The number of carbonyl (C=O) groups excluding carboxylic acids is 1. The zero-order valence-electron chi connectivity index (χ0n) is 8.66. The Morgan fingerprint density at radius 3 is 2.67 bits per heavy atom. The van der Waals surface area contributed by atoms with Gasteiger partial charge in [-0.25, -0.2) is 0 Å². The fraction of sp³-hybridized carbons (Fsp3) is 0.250. The van der Waals surface area contributed by atoms with E-state index in [2.05, 4.69) is 22.8 Å². The fourth-order valence-corrected chi connectivity index (χ4v) is 1.60. The SMILES string of the molecule is CC1NC(=O)C=C1NCc1ccccc1. The van der Waals surface area contributed by atoms with Crippen molar-refractivity contribution in [1.82, 2.24) is 10.6 Å². The van der Waals surface area contributed by atoms with Gasteiger partial charge >= 0.3 is 0 Å². The maximum atomic E-state index is 11.0. The molecule has 3 nitrogen and oxygen atoms in total. The number of hydrogen-bond donors (Lipinski definition) is 2. The van der Waals surface area contributed by atoms with Crippen molar-refractivity contribution in [1.29, 1.82) is 0 Å². The molecular formula is C12H14N2O. The van der Waals surface area contributed by atoms with E-state index in [1.54, 1.807) is 6.08 Å². The van der Waals surface area contributed by atoms with Gasteiger partial charge in [-0.15, -0.1) is 0 Å². The predicted octanol–water partition coefficient (Wildman–Crippen LogP) is 1.18. The average molecular weight is 202 g/mol. The van der Waals surface area contributed by atoms with Gasteiger partial charge in [-0.05, 0) is 12.5 Å². The Bertz CT molecular complexity index is 384. The van der Waals surface area contributed by atoms with Crippen LogP contribution in [0.2, 0.25) is 0 Å². The highest BCUT2D eigenvalue weighted by Gasteiger charge is 2.18. The van der Waals surface area contributed by atoms with E-state index in [-0.39, 0.29) is 11.9 Å². The summed E-state index contributed by atoms with van der Waals surface area (Å²) in [6, 6.07) is 10.2. The highest BCUT2D eigenvalue weighted by molar-refractivity contribution is 5.91. The molecule has 0 fully saturated rings. The molecule has 1 unspecified atom stereocenters. The van der Waals surface area contributed by atoms with E-state index in [1.165, 1.54) is 5.56 Å². The predicted molar refractivity (Wildman–Crippen MR) is 59.0 cm³/mol. The van der Waals surface area contributed by atoms with E-state index in [4.69, 9.17) is 0 Å². The van der Waals surface area contributed by atoms with Crippen LogP contribution in [0.4, 0.5) is 0 Å². The van der Waals surface area contributed by atoms with E-state index >= 15 is 0 Å². The molecule has 1 aromatic carbocycles. The normalized spacial score (nSPS) is 19.7. The lowest BCUT2D eigenvalue weighted by molar-refractivity contribution is -0.116. The number of nitrogens with one attached hydrogen (secondary N) is 2. The van der Waals surface area contributed by atoms with E-state index < -0.39 is 0 Å². The molecular weight excluding hydrogens is 188 g/mol. The number of benzene rings is 1. The lowest BCUT2D eigenvalue weighted by Gasteiger charge is -2.11. The summed E-state index contributed by atoms with van der Waals surface area (Å²) >= 11 is 0. The zero-order valence-corrected chi connectivity index (χ0v) is 8.66. The first-order chi connectivity index (χ1) is 7.25. The Balaban J connectivity index is 1.94. The Labute approximate surface area is 89.2 Å². The van der Waals surface area contributed by atoms with Crippen molar-refractivity contribution in [3.63, 3.8) is 0 Å². The largest absolute Gasteiger partial charge is 0.382 e. The van der Waals surface area contributed by atoms with Crippen molar-refractivity contribution in [2.45, 2.75) is 19.5 Å². The van der Waals surface area contributed by atoms with Crippen LogP contribution in [0.1, 0.15) is 12.5 Å². The van der Waals surface area contributed by atoms with Gasteiger partial charge in [0.25, 0.3) is 0 Å². The molecule has 15 heavy (non-hydrogen) atoms. The van der Waals surface area contributed by atoms with E-state index in [1.807, 2.05) is 25.1 Å². The summed E-state index contributed by atoms with van der Waals surface area (Å²) in [5.74, 6) is -0.0157. The quantitative estimate of drug-likeness (QED) is 0.772. The maximum Gasteiger partial charge on any atom is 0.246 e. The standard InChI is InChI=1S/C12H14N2O/c1-9-11(7-12(15)14-9)13-8-10-5-3-2-4-6-10/h2-7,9,13H,8H2,1H3,(H,14,15). The zero-order chi connectivity index (χ0) is 10.7. The molecule has 3 heteroatoms. The number of hydrogen-bond acceptors (Lipinski definition) is 2. The lowest BCUT2D eigenvalue weighted by atomic mass is 10.2. The van der Waals surface area contributed by atoms with Crippen LogP contribution in [0.3, 0.4) is 0 Å². The van der Waals surface area contributed by atoms with Crippen molar-refractivity contribution in [2.24, 2.45) is 0 Å². The highest BCUT2D eigenvalue weighted by Crippen LogP contribution is 2.07. The van der Waals surface area contributed by atoms with Gasteiger partial charge in [0.2, 0.25) is 5.91 Å². The number of rotatable bonds is 3. The van der Waals surface area contributed by atoms with Crippen LogP contribution in [0.5, 0.6) is 0 Å². The highest BCUT2D eigenvalue weighted by atomic mass is 16.1. The molecule has 0 aliphatic carbocycles. The van der Waals surface area contributed by atoms with Gasteiger partial charge in [0, 0.05) is 18.3 Å². The molecule has 78 valence electrons. The molecule has 1 aliphatic heterocycles. The summed E-state index contributed by atoms with van der Waals surface area (Å²) < 4.78 is 0. The molecule has 2 N–H and O–H groups in total. The topological polar surface area (TPSA) is 41.1 Å². The van der Waals surface area contributed by atoms with Crippen molar-refractivity contribution >= 4 is 5.91 Å². The van der Waals surface area contributed by atoms with Gasteiger partial charge in [0.1, 0.15) is 0 Å². The molecule has 0 spiro atoms. The minimum atomic E-state index is -0.0157. The van der Waals surface area contributed by atoms with Gasteiger partial charge in [0.05, 0.1) is 6.04 Å². The van der Waals surface area contributed by atoms with Crippen molar-refractivity contribution in [3.05, 3.63) is 47.7 Å². The molecule has 1 aliphatic rings. The summed E-state index contributed by atoms with van der Waals surface area (Å²) in [4.78, 5) is 11.0. The van der Waals surface area contributed by atoms with Crippen LogP contribution in [0.15, 0.2) is 42.1 Å². The molecule has 1 heterocycles. The first-order valence-electron chi connectivity index (χ1n) is 5.05. The summed E-state index contributed by atoms with van der Waals surface area (Å²) in [5, 5.41) is 6.06. The smallest absolute Gasteiger partial charge is 0.246 e. The van der Waals surface area contributed by atoms with Gasteiger partial charge in [0.15, 0.2) is 0 Å². The molecule has 0 saturated carbocycles. The van der Waals surface area contributed by atoms with Crippen LogP contribution < -0.4 is 10.6 Å². The van der Waals surface area contributed by atoms with E-state index in [0.29, 0.717) is 0 Å². The summed E-state index contributed by atoms with van der Waals surface area (Å²) in [7, 11) is 0. The number of amides is 1. The minimum Gasteiger partial charge on any atom is -0.382 e. The average Bonchev–Trinajstić information content (AvgIpc) is 2.56. The third kappa shape index (κ3) is 2.37. The third-order valence-corrected chi connectivity index (χ3v) is 2.45. The van der Waals surface area contributed by atoms with Gasteiger partial charge < -0.3 is 10.6 Å². The summed E-state index contributed by atoms with van der Waals surface area (Å²) in [6.07, 6.45) is 1.62. The van der Waals surface area contributed by atoms with E-state index in [9.17, 15) is 4.79 Å². The maximum absolute atomic E-state index is 11.0. The second-order valence-electron chi connectivity index (χ2n) is 3.67. The Kier molecular flexibility index (Phi) is 2.72. The monoisotopic (exact) mass is 202 g/mol. The van der Waals surface area contributed by atoms with E-state index in [0.717, 1.165) is 12.2 Å². The molecule has 0 radical (unpaired) electrons. The lowest BCUT2D eigenvalue weighted by Crippen LogP contribution is -2.29. The second-order valence-corrected chi connectivity index (χ2v) is 3.67. The summed E-state index contributed by atoms with van der Waals surface area (Å²) in [6.45, 7) is 2.72. The molecule has 1 aromatic rings. The molecule has 1 atom stereocenters. The van der Waals surface area contributed by atoms with Crippen LogP contribution >= 0.6 is 0 Å². The Morgan fingerprint density at radius 1 is 1.33 bits per heavy atom. The van der Waals surface area contributed by atoms with Crippen molar-refractivity contribution in [3.8, 4) is 0 Å². The van der Waals surface area contributed by atoms with Gasteiger partial charge in [-0.2, -0.15) is 0 Å². The molecule has 1 amide bonds. The third-order valence-electron chi connectivity index (χ3n) is 2.45.